The highest BCUT2D eigenvalue weighted by Gasteiger charge is 2.09. The average Bonchev–Trinajstić information content (AvgIpc) is 2.07. The Morgan fingerprint density at radius 3 is 2.62 bits per heavy atom. The number of carbonyl (C=O) groups is 1. The quantitative estimate of drug-likeness (QED) is 0.742. The Morgan fingerprint density at radius 2 is 2.15 bits per heavy atom. The van der Waals surface area contributed by atoms with Gasteiger partial charge in [-0.3, -0.25) is 4.79 Å². The van der Waals surface area contributed by atoms with E-state index in [1.165, 1.54) is 13.0 Å². The second-order valence-electron chi connectivity index (χ2n) is 2.87. The maximum atomic E-state index is 11.0. The Labute approximate surface area is 82.2 Å². The van der Waals surface area contributed by atoms with Gasteiger partial charge in [-0.25, -0.2) is 0 Å². The molecule has 0 radical (unpaired) electrons. The van der Waals surface area contributed by atoms with Gasteiger partial charge in [0.25, 0.3) is 0 Å². The number of benzene rings is 1. The lowest BCUT2D eigenvalue weighted by Crippen LogP contribution is -1.94. The standard InChI is InChI=1S/C10H11ClO2/c1-3-7-4-10(13)8(6(2)12)5-9(7)11/h4-5,13H,3H2,1-2H3. The molecule has 0 aliphatic rings. The van der Waals surface area contributed by atoms with Crippen LogP contribution in [0.2, 0.25) is 5.02 Å². The molecule has 70 valence electrons. The molecule has 0 aliphatic heterocycles. The zero-order valence-corrected chi connectivity index (χ0v) is 8.35. The van der Waals surface area contributed by atoms with Crippen molar-refractivity contribution in [2.24, 2.45) is 0 Å². The fraction of sp³-hybridized carbons (Fsp3) is 0.300. The van der Waals surface area contributed by atoms with Crippen molar-refractivity contribution < 1.29 is 9.90 Å². The van der Waals surface area contributed by atoms with E-state index in [0.29, 0.717) is 5.02 Å². The van der Waals surface area contributed by atoms with Crippen molar-refractivity contribution in [2.45, 2.75) is 20.3 Å². The Balaban J connectivity index is 3.28. The minimum Gasteiger partial charge on any atom is -0.507 e. The van der Waals surface area contributed by atoms with Crippen LogP contribution in [0.25, 0.3) is 0 Å². The molecular formula is C10H11ClO2. The molecule has 0 saturated heterocycles. The Kier molecular flexibility index (Phi) is 2.94. The van der Waals surface area contributed by atoms with Crippen LogP contribution in [0, 0.1) is 0 Å². The number of phenolic OH excluding ortho intramolecular Hbond substituents is 1. The topological polar surface area (TPSA) is 37.3 Å². The van der Waals surface area contributed by atoms with Gasteiger partial charge in [0.2, 0.25) is 0 Å². The van der Waals surface area contributed by atoms with Gasteiger partial charge in [-0.2, -0.15) is 0 Å². The molecule has 0 saturated carbocycles. The number of aromatic hydroxyl groups is 1. The molecule has 0 unspecified atom stereocenters. The Hall–Kier alpha value is -1.02. The van der Waals surface area contributed by atoms with Crippen LogP contribution in [0.4, 0.5) is 0 Å². The van der Waals surface area contributed by atoms with E-state index in [9.17, 15) is 9.90 Å². The molecule has 13 heavy (non-hydrogen) atoms. The lowest BCUT2D eigenvalue weighted by atomic mass is 10.1. The molecule has 0 aromatic heterocycles. The molecule has 1 aromatic rings. The van der Waals surface area contributed by atoms with Crippen LogP contribution < -0.4 is 0 Å². The third kappa shape index (κ3) is 2.01. The van der Waals surface area contributed by atoms with Gasteiger partial charge in [0.1, 0.15) is 5.75 Å². The highest BCUT2D eigenvalue weighted by molar-refractivity contribution is 6.31. The first-order chi connectivity index (χ1) is 6.06. The zero-order valence-electron chi connectivity index (χ0n) is 7.60. The van der Waals surface area contributed by atoms with E-state index in [0.717, 1.165) is 12.0 Å². The fourth-order valence-corrected chi connectivity index (χ4v) is 1.46. The van der Waals surface area contributed by atoms with E-state index in [2.05, 4.69) is 0 Å². The first kappa shape index (κ1) is 10.1. The SMILES string of the molecule is CCc1cc(O)c(C(C)=O)cc1Cl. The van der Waals surface area contributed by atoms with E-state index >= 15 is 0 Å². The van der Waals surface area contributed by atoms with Gasteiger partial charge in [0.15, 0.2) is 5.78 Å². The minimum atomic E-state index is -0.179. The largest absolute Gasteiger partial charge is 0.507 e. The number of aryl methyl sites for hydroxylation is 1. The van der Waals surface area contributed by atoms with E-state index in [1.54, 1.807) is 6.07 Å². The van der Waals surface area contributed by atoms with Crippen molar-refractivity contribution in [3.63, 3.8) is 0 Å². The molecule has 0 bridgehead atoms. The molecule has 0 atom stereocenters. The van der Waals surface area contributed by atoms with E-state index in [4.69, 9.17) is 11.6 Å². The Morgan fingerprint density at radius 1 is 1.54 bits per heavy atom. The molecule has 0 fully saturated rings. The van der Waals surface area contributed by atoms with Crippen LogP contribution in [0.3, 0.4) is 0 Å². The minimum absolute atomic E-state index is 0.00810. The number of carbonyl (C=O) groups excluding carboxylic acids is 1. The lowest BCUT2D eigenvalue weighted by molar-refractivity contribution is 0.101. The predicted octanol–water partition coefficient (Wildman–Crippen LogP) is 2.81. The molecule has 0 aliphatic carbocycles. The van der Waals surface area contributed by atoms with Gasteiger partial charge in [0.05, 0.1) is 5.56 Å². The molecule has 1 rings (SSSR count). The molecule has 1 aromatic carbocycles. The lowest BCUT2D eigenvalue weighted by Gasteiger charge is -2.05. The maximum Gasteiger partial charge on any atom is 0.163 e. The normalized spacial score (nSPS) is 10.1. The molecular weight excluding hydrogens is 188 g/mol. The summed E-state index contributed by atoms with van der Waals surface area (Å²) >= 11 is 5.88. The number of halogens is 1. The van der Waals surface area contributed by atoms with Crippen LogP contribution in [-0.4, -0.2) is 10.9 Å². The average molecular weight is 199 g/mol. The number of hydrogen-bond donors (Lipinski definition) is 1. The van der Waals surface area contributed by atoms with Crippen LogP contribution in [0.15, 0.2) is 12.1 Å². The number of ketones is 1. The molecule has 0 amide bonds. The van der Waals surface area contributed by atoms with E-state index in [1.807, 2.05) is 6.92 Å². The van der Waals surface area contributed by atoms with Crippen LogP contribution in [0.1, 0.15) is 29.8 Å². The van der Waals surface area contributed by atoms with Gasteiger partial charge in [-0.1, -0.05) is 18.5 Å². The van der Waals surface area contributed by atoms with Crippen LogP contribution in [0.5, 0.6) is 5.75 Å². The Bertz CT molecular complexity index is 345. The summed E-state index contributed by atoms with van der Waals surface area (Å²) in [6, 6.07) is 3.05. The predicted molar refractivity (Wildman–Crippen MR) is 52.5 cm³/mol. The van der Waals surface area contributed by atoms with Gasteiger partial charge in [-0.15, -0.1) is 0 Å². The van der Waals surface area contributed by atoms with E-state index in [-0.39, 0.29) is 17.1 Å². The second-order valence-corrected chi connectivity index (χ2v) is 3.28. The van der Waals surface area contributed by atoms with Crippen molar-refractivity contribution >= 4 is 17.4 Å². The van der Waals surface area contributed by atoms with Gasteiger partial charge in [-0.05, 0) is 31.0 Å². The number of Topliss-reactive ketones (excluding diaryl/α,β-unsaturated/α-hetero) is 1. The summed E-state index contributed by atoms with van der Waals surface area (Å²) in [5, 5.41) is 9.97. The highest BCUT2D eigenvalue weighted by Crippen LogP contribution is 2.26. The fourth-order valence-electron chi connectivity index (χ4n) is 1.16. The molecule has 0 spiro atoms. The summed E-state index contributed by atoms with van der Waals surface area (Å²) in [6.45, 7) is 3.34. The van der Waals surface area contributed by atoms with Crippen molar-refractivity contribution in [1.29, 1.82) is 0 Å². The summed E-state index contributed by atoms with van der Waals surface area (Å²) in [5.41, 5.74) is 1.13. The smallest absolute Gasteiger partial charge is 0.163 e. The summed E-state index contributed by atoms with van der Waals surface area (Å²) in [7, 11) is 0. The van der Waals surface area contributed by atoms with Gasteiger partial charge in [0, 0.05) is 5.02 Å². The van der Waals surface area contributed by atoms with Gasteiger partial charge >= 0.3 is 0 Å². The van der Waals surface area contributed by atoms with Crippen molar-refractivity contribution in [3.8, 4) is 5.75 Å². The molecule has 3 heteroatoms. The first-order valence-corrected chi connectivity index (χ1v) is 4.46. The van der Waals surface area contributed by atoms with Crippen LogP contribution in [-0.2, 0) is 6.42 Å². The highest BCUT2D eigenvalue weighted by atomic mass is 35.5. The maximum absolute atomic E-state index is 11.0. The van der Waals surface area contributed by atoms with E-state index < -0.39 is 0 Å². The summed E-state index contributed by atoms with van der Waals surface area (Å²) in [6.07, 6.45) is 0.741. The summed E-state index contributed by atoms with van der Waals surface area (Å²) < 4.78 is 0. The monoisotopic (exact) mass is 198 g/mol. The van der Waals surface area contributed by atoms with Crippen LogP contribution >= 0.6 is 11.6 Å². The number of hydrogen-bond acceptors (Lipinski definition) is 2. The summed E-state index contributed by atoms with van der Waals surface area (Å²) in [4.78, 5) is 11.0. The van der Waals surface area contributed by atoms with Gasteiger partial charge < -0.3 is 5.11 Å². The summed E-state index contributed by atoms with van der Waals surface area (Å²) in [5.74, 6) is -0.171. The first-order valence-electron chi connectivity index (χ1n) is 4.08. The van der Waals surface area contributed by atoms with Crippen molar-refractivity contribution in [3.05, 3.63) is 28.3 Å². The molecule has 0 heterocycles. The molecule has 2 nitrogen and oxygen atoms in total. The molecule has 1 N–H and O–H groups in total. The second kappa shape index (κ2) is 3.79. The number of rotatable bonds is 2. The zero-order chi connectivity index (χ0) is 10.0. The van der Waals surface area contributed by atoms with Crippen molar-refractivity contribution in [1.82, 2.24) is 0 Å². The third-order valence-electron chi connectivity index (χ3n) is 1.92. The third-order valence-corrected chi connectivity index (χ3v) is 2.28. The number of phenols is 1. The van der Waals surface area contributed by atoms with Crippen molar-refractivity contribution in [2.75, 3.05) is 0 Å².